The summed E-state index contributed by atoms with van der Waals surface area (Å²) in [5, 5.41) is 18.0. The van der Waals surface area contributed by atoms with Gasteiger partial charge in [-0.2, -0.15) is 0 Å². The first-order valence-corrected chi connectivity index (χ1v) is 4.96. The average Bonchev–Trinajstić information content (AvgIpc) is 2.20. The molecule has 1 atom stereocenters. The molecule has 0 aliphatic heterocycles. The van der Waals surface area contributed by atoms with E-state index < -0.39 is 24.1 Å². The van der Waals surface area contributed by atoms with Crippen molar-refractivity contribution >= 4 is 5.97 Å². The quantitative estimate of drug-likeness (QED) is 0.714. The van der Waals surface area contributed by atoms with Crippen LogP contribution in [0, 0.1) is 6.92 Å². The molecule has 7 nitrogen and oxygen atoms in total. The van der Waals surface area contributed by atoms with Gasteiger partial charge in [0.2, 0.25) is 0 Å². The molecule has 0 aliphatic carbocycles. The summed E-state index contributed by atoms with van der Waals surface area (Å²) in [4.78, 5) is 26.0. The van der Waals surface area contributed by atoms with Gasteiger partial charge in [-0.3, -0.25) is 14.2 Å². The average molecular weight is 242 g/mol. The molecule has 1 rings (SSSR count). The summed E-state index contributed by atoms with van der Waals surface area (Å²) >= 11 is 0. The molecule has 1 heterocycles. The normalized spacial score (nSPS) is 12.2. The second-order valence-corrected chi connectivity index (χ2v) is 3.58. The maximum atomic E-state index is 11.6. The van der Waals surface area contributed by atoms with Crippen LogP contribution >= 0.6 is 0 Å². The smallest absolute Gasteiger partial charge is 0.306 e. The standard InChI is InChI=1S/C10H14N2O5/c1-6-3-8(14)12(10(11-6)17-2)5-7(13)4-9(15)16/h3,7,13H,4-5H2,1-2H3,(H,15,16). The fraction of sp³-hybridized carbons (Fsp3) is 0.500. The summed E-state index contributed by atoms with van der Waals surface area (Å²) in [6.45, 7) is 1.48. The van der Waals surface area contributed by atoms with Crippen LogP contribution in [0.5, 0.6) is 6.01 Å². The first kappa shape index (κ1) is 13.2. The molecule has 0 saturated carbocycles. The van der Waals surface area contributed by atoms with Crippen LogP contribution in [0.25, 0.3) is 0 Å². The number of carbonyl (C=O) groups is 1. The molecule has 0 fully saturated rings. The van der Waals surface area contributed by atoms with Crippen molar-refractivity contribution in [2.45, 2.75) is 26.0 Å². The predicted octanol–water partition coefficient (Wildman–Crippen LogP) is -0.604. The summed E-state index contributed by atoms with van der Waals surface area (Å²) in [6, 6.07) is 1.34. The fourth-order valence-corrected chi connectivity index (χ4v) is 1.40. The van der Waals surface area contributed by atoms with Gasteiger partial charge in [-0.05, 0) is 6.92 Å². The van der Waals surface area contributed by atoms with Crippen molar-refractivity contribution in [3.63, 3.8) is 0 Å². The number of aromatic nitrogens is 2. The van der Waals surface area contributed by atoms with Gasteiger partial charge in [0.25, 0.3) is 11.6 Å². The Labute approximate surface area is 97.3 Å². The lowest BCUT2D eigenvalue weighted by Crippen LogP contribution is -2.29. The van der Waals surface area contributed by atoms with Crippen molar-refractivity contribution in [2.75, 3.05) is 7.11 Å². The molecule has 0 spiro atoms. The highest BCUT2D eigenvalue weighted by atomic mass is 16.5. The Morgan fingerprint density at radius 1 is 1.65 bits per heavy atom. The highest BCUT2D eigenvalue weighted by Crippen LogP contribution is 2.06. The van der Waals surface area contributed by atoms with Gasteiger partial charge in [-0.15, -0.1) is 0 Å². The fourth-order valence-electron chi connectivity index (χ4n) is 1.40. The third-order valence-corrected chi connectivity index (χ3v) is 2.09. The number of hydrogen-bond acceptors (Lipinski definition) is 5. The zero-order valence-electron chi connectivity index (χ0n) is 9.58. The van der Waals surface area contributed by atoms with Crippen molar-refractivity contribution in [1.29, 1.82) is 0 Å². The van der Waals surface area contributed by atoms with Crippen LogP contribution in [0.15, 0.2) is 10.9 Å². The van der Waals surface area contributed by atoms with Gasteiger partial charge >= 0.3 is 5.97 Å². The van der Waals surface area contributed by atoms with E-state index in [9.17, 15) is 14.7 Å². The summed E-state index contributed by atoms with van der Waals surface area (Å²) in [7, 11) is 1.35. The van der Waals surface area contributed by atoms with E-state index in [-0.39, 0.29) is 12.6 Å². The van der Waals surface area contributed by atoms with Crippen LogP contribution in [0.3, 0.4) is 0 Å². The second kappa shape index (κ2) is 5.44. The highest BCUT2D eigenvalue weighted by Gasteiger charge is 2.14. The SMILES string of the molecule is COc1nc(C)cc(=O)n1CC(O)CC(=O)O. The number of aryl methyl sites for hydroxylation is 1. The molecule has 0 aromatic carbocycles. The number of hydrogen-bond donors (Lipinski definition) is 2. The van der Waals surface area contributed by atoms with Crippen LogP contribution in [-0.4, -0.2) is 38.9 Å². The van der Waals surface area contributed by atoms with E-state index >= 15 is 0 Å². The first-order valence-electron chi connectivity index (χ1n) is 4.96. The number of carboxylic acid groups (broad SMARTS) is 1. The van der Waals surface area contributed by atoms with E-state index in [0.29, 0.717) is 5.69 Å². The van der Waals surface area contributed by atoms with E-state index in [4.69, 9.17) is 9.84 Å². The highest BCUT2D eigenvalue weighted by molar-refractivity contribution is 5.67. The number of aliphatic hydroxyl groups excluding tert-OH is 1. The minimum absolute atomic E-state index is 0.0550. The number of carboxylic acids is 1. The molecule has 0 aliphatic rings. The lowest BCUT2D eigenvalue weighted by atomic mass is 10.2. The van der Waals surface area contributed by atoms with Crippen molar-refractivity contribution < 1.29 is 19.7 Å². The van der Waals surface area contributed by atoms with Gasteiger partial charge in [-0.25, -0.2) is 4.98 Å². The van der Waals surface area contributed by atoms with Gasteiger partial charge in [0, 0.05) is 11.8 Å². The lowest BCUT2D eigenvalue weighted by Gasteiger charge is -2.13. The molecular formula is C10H14N2O5. The second-order valence-electron chi connectivity index (χ2n) is 3.58. The predicted molar refractivity (Wildman–Crippen MR) is 58.0 cm³/mol. The zero-order chi connectivity index (χ0) is 13.0. The Kier molecular flexibility index (Phi) is 4.22. The molecule has 1 aromatic heterocycles. The molecule has 1 aromatic rings. The van der Waals surface area contributed by atoms with Gasteiger partial charge in [-0.1, -0.05) is 0 Å². The Morgan fingerprint density at radius 2 is 2.29 bits per heavy atom. The molecule has 94 valence electrons. The van der Waals surface area contributed by atoms with E-state index in [2.05, 4.69) is 4.98 Å². The van der Waals surface area contributed by atoms with E-state index in [1.165, 1.54) is 13.2 Å². The number of nitrogens with zero attached hydrogens (tertiary/aromatic N) is 2. The Bertz CT molecular complexity index is 468. The van der Waals surface area contributed by atoms with Crippen molar-refractivity contribution in [1.82, 2.24) is 9.55 Å². The maximum absolute atomic E-state index is 11.6. The minimum atomic E-state index is -1.16. The third kappa shape index (κ3) is 3.56. The summed E-state index contributed by atoms with van der Waals surface area (Å²) in [6.07, 6.45) is -1.60. The molecule has 17 heavy (non-hydrogen) atoms. The van der Waals surface area contributed by atoms with Gasteiger partial charge in [0.05, 0.1) is 26.2 Å². The number of aliphatic hydroxyl groups is 1. The Morgan fingerprint density at radius 3 is 2.82 bits per heavy atom. The number of methoxy groups -OCH3 is 1. The van der Waals surface area contributed by atoms with Crippen LogP contribution in [0.2, 0.25) is 0 Å². The van der Waals surface area contributed by atoms with Crippen molar-refractivity contribution in [3.8, 4) is 6.01 Å². The number of ether oxygens (including phenoxy) is 1. The molecule has 2 N–H and O–H groups in total. The van der Waals surface area contributed by atoms with Crippen molar-refractivity contribution in [3.05, 3.63) is 22.1 Å². The Hall–Kier alpha value is -1.89. The Balaban J connectivity index is 2.97. The zero-order valence-corrected chi connectivity index (χ0v) is 9.58. The van der Waals surface area contributed by atoms with Crippen molar-refractivity contribution in [2.24, 2.45) is 0 Å². The summed E-state index contributed by atoms with van der Waals surface area (Å²) in [5.74, 6) is -1.13. The van der Waals surface area contributed by atoms with Crippen LogP contribution < -0.4 is 10.3 Å². The molecular weight excluding hydrogens is 228 g/mol. The van der Waals surface area contributed by atoms with E-state index in [0.717, 1.165) is 4.57 Å². The summed E-state index contributed by atoms with van der Waals surface area (Å²) in [5.41, 5.74) is 0.106. The van der Waals surface area contributed by atoms with Gasteiger partial charge in [0.1, 0.15) is 0 Å². The van der Waals surface area contributed by atoms with E-state index in [1.54, 1.807) is 6.92 Å². The van der Waals surface area contributed by atoms with E-state index in [1.807, 2.05) is 0 Å². The van der Waals surface area contributed by atoms with Crippen LogP contribution in [0.4, 0.5) is 0 Å². The first-order chi connectivity index (χ1) is 7.93. The van der Waals surface area contributed by atoms with Gasteiger partial charge < -0.3 is 14.9 Å². The topological polar surface area (TPSA) is 102 Å². The van der Waals surface area contributed by atoms with Crippen LogP contribution in [0.1, 0.15) is 12.1 Å². The number of rotatable bonds is 5. The molecule has 0 bridgehead atoms. The van der Waals surface area contributed by atoms with Gasteiger partial charge in [0.15, 0.2) is 0 Å². The third-order valence-electron chi connectivity index (χ3n) is 2.09. The number of aliphatic carboxylic acids is 1. The lowest BCUT2D eigenvalue weighted by molar-refractivity contribution is -0.139. The molecule has 7 heteroatoms. The van der Waals surface area contributed by atoms with Crippen LogP contribution in [-0.2, 0) is 11.3 Å². The maximum Gasteiger partial charge on any atom is 0.306 e. The monoisotopic (exact) mass is 242 g/mol. The summed E-state index contributed by atoms with van der Waals surface area (Å²) < 4.78 is 6.00. The molecule has 0 amide bonds. The minimum Gasteiger partial charge on any atom is -0.481 e. The molecule has 0 saturated heterocycles. The largest absolute Gasteiger partial charge is 0.481 e. The molecule has 0 radical (unpaired) electrons. The molecule has 1 unspecified atom stereocenters.